The first-order chi connectivity index (χ1) is 14.6. The Morgan fingerprint density at radius 2 is 1.97 bits per heavy atom. The zero-order chi connectivity index (χ0) is 22.2. The number of sulfone groups is 1. The van der Waals surface area contributed by atoms with Crippen LogP contribution in [0.2, 0.25) is 0 Å². The van der Waals surface area contributed by atoms with Crippen molar-refractivity contribution in [2.75, 3.05) is 12.2 Å². The zero-order valence-corrected chi connectivity index (χ0v) is 16.7. The second-order valence-corrected chi connectivity index (χ2v) is 8.80. The van der Waals surface area contributed by atoms with Crippen molar-refractivity contribution >= 4 is 21.0 Å². The van der Waals surface area contributed by atoms with Gasteiger partial charge >= 0.3 is 6.18 Å². The minimum absolute atomic E-state index is 0.270. The van der Waals surface area contributed by atoms with Crippen LogP contribution in [0.3, 0.4) is 0 Å². The molecule has 0 aliphatic rings. The number of halogens is 3. The molecule has 162 valence electrons. The molecule has 0 radical (unpaired) electrons. The van der Waals surface area contributed by atoms with Gasteiger partial charge in [-0.1, -0.05) is 6.07 Å². The maximum absolute atomic E-state index is 13.3. The molecule has 1 N–H and O–H groups in total. The lowest BCUT2D eigenvalue weighted by Gasteiger charge is -2.20. The van der Waals surface area contributed by atoms with Crippen LogP contribution in [0.15, 0.2) is 49.3 Å². The normalized spacial score (nSPS) is 13.5. The Morgan fingerprint density at radius 3 is 2.65 bits per heavy atom. The molecule has 0 saturated heterocycles. The molecule has 0 bridgehead atoms. The van der Waals surface area contributed by atoms with E-state index in [0.29, 0.717) is 11.2 Å². The number of imidazole rings is 1. The van der Waals surface area contributed by atoms with Gasteiger partial charge in [-0.25, -0.2) is 28.1 Å². The molecule has 0 aliphatic heterocycles. The highest BCUT2D eigenvalue weighted by Gasteiger charge is 2.42. The quantitative estimate of drug-likeness (QED) is 0.478. The first kappa shape index (κ1) is 20.9. The van der Waals surface area contributed by atoms with E-state index in [0.717, 1.165) is 23.6 Å². The van der Waals surface area contributed by atoms with Crippen LogP contribution < -0.4 is 0 Å². The van der Waals surface area contributed by atoms with Crippen molar-refractivity contribution in [2.24, 2.45) is 0 Å². The SMILES string of the molecule is CS(=O)(=O)COC(c1ccc(-n2cc(-c3ccnc4[nH]cnc34)cn2)nc1)C(F)(F)F. The van der Waals surface area contributed by atoms with E-state index in [1.807, 2.05) is 0 Å². The van der Waals surface area contributed by atoms with Crippen LogP contribution in [0.25, 0.3) is 28.1 Å². The summed E-state index contributed by atoms with van der Waals surface area (Å²) in [5.74, 6) is -0.791. The van der Waals surface area contributed by atoms with E-state index < -0.39 is 28.1 Å². The fourth-order valence-corrected chi connectivity index (χ4v) is 3.31. The minimum atomic E-state index is -4.80. The fourth-order valence-electron chi connectivity index (χ4n) is 2.93. The van der Waals surface area contributed by atoms with E-state index in [1.165, 1.54) is 23.1 Å². The van der Waals surface area contributed by atoms with Gasteiger partial charge in [0.1, 0.15) is 11.5 Å². The third-order valence-electron chi connectivity index (χ3n) is 4.27. The van der Waals surface area contributed by atoms with Crippen molar-refractivity contribution < 1.29 is 26.3 Å². The van der Waals surface area contributed by atoms with Crippen LogP contribution >= 0.6 is 0 Å². The Labute approximate surface area is 173 Å². The molecule has 4 rings (SSSR count). The van der Waals surface area contributed by atoms with Gasteiger partial charge in [0.25, 0.3) is 0 Å². The summed E-state index contributed by atoms with van der Waals surface area (Å²) in [4.78, 5) is 15.3. The molecule has 13 heteroatoms. The second-order valence-electron chi connectivity index (χ2n) is 6.71. The summed E-state index contributed by atoms with van der Waals surface area (Å²) in [6.07, 6.45) is 0.930. The lowest BCUT2D eigenvalue weighted by atomic mass is 10.1. The summed E-state index contributed by atoms with van der Waals surface area (Å²) >= 11 is 0. The van der Waals surface area contributed by atoms with Crippen molar-refractivity contribution in [3.63, 3.8) is 0 Å². The summed E-state index contributed by atoms with van der Waals surface area (Å²) in [5.41, 5.74) is 2.44. The summed E-state index contributed by atoms with van der Waals surface area (Å²) < 4.78 is 68.3. The molecular weight excluding hydrogens is 437 g/mol. The predicted molar refractivity (Wildman–Crippen MR) is 104 cm³/mol. The van der Waals surface area contributed by atoms with Gasteiger partial charge in [0.2, 0.25) is 0 Å². The number of nitrogens with one attached hydrogen (secondary N) is 1. The first-order valence-electron chi connectivity index (χ1n) is 8.77. The Kier molecular flexibility index (Phi) is 5.23. The lowest BCUT2D eigenvalue weighted by Crippen LogP contribution is -2.26. The maximum Gasteiger partial charge on any atom is 0.418 e. The minimum Gasteiger partial charge on any atom is -0.348 e. The number of rotatable bonds is 6. The molecule has 0 aromatic carbocycles. The molecule has 4 aromatic rings. The second kappa shape index (κ2) is 7.74. The van der Waals surface area contributed by atoms with Gasteiger partial charge in [0, 0.05) is 41.5 Å². The summed E-state index contributed by atoms with van der Waals surface area (Å²) in [7, 11) is -3.74. The van der Waals surface area contributed by atoms with E-state index in [1.54, 1.807) is 24.7 Å². The Hall–Kier alpha value is -3.32. The van der Waals surface area contributed by atoms with Crippen LogP contribution in [0.1, 0.15) is 11.7 Å². The van der Waals surface area contributed by atoms with E-state index >= 15 is 0 Å². The fraction of sp³-hybridized carbons (Fsp3) is 0.222. The van der Waals surface area contributed by atoms with Crippen LogP contribution in [0.5, 0.6) is 0 Å². The topological polar surface area (TPSA) is 116 Å². The van der Waals surface area contributed by atoms with Crippen molar-refractivity contribution in [3.8, 4) is 16.9 Å². The number of fused-ring (bicyclic) bond motifs is 1. The predicted octanol–water partition coefficient (Wildman–Crippen LogP) is 2.83. The Balaban J connectivity index is 1.60. The number of aromatic nitrogens is 6. The van der Waals surface area contributed by atoms with Crippen LogP contribution in [0, 0.1) is 0 Å². The third-order valence-corrected chi connectivity index (χ3v) is 4.83. The molecule has 1 unspecified atom stereocenters. The van der Waals surface area contributed by atoms with Crippen LogP contribution in [-0.2, 0) is 14.6 Å². The van der Waals surface area contributed by atoms with Gasteiger partial charge in [-0.05, 0) is 12.1 Å². The molecule has 0 amide bonds. The average Bonchev–Trinajstić information content (AvgIpc) is 3.36. The number of aromatic amines is 1. The van der Waals surface area contributed by atoms with Crippen LogP contribution in [0.4, 0.5) is 13.2 Å². The maximum atomic E-state index is 13.3. The van der Waals surface area contributed by atoms with Gasteiger partial charge in [-0.15, -0.1) is 0 Å². The molecule has 0 spiro atoms. The van der Waals surface area contributed by atoms with E-state index in [4.69, 9.17) is 0 Å². The standard InChI is InChI=1S/C18H15F3N6O3S/c1-31(28,29)10-30-16(18(19,20)21)11-2-3-14(23-6-11)27-8-12(7-26-27)13-4-5-22-17-15(13)24-9-25-17/h2-9,16H,10H2,1H3,(H,22,24,25). The van der Waals surface area contributed by atoms with E-state index in [2.05, 4.69) is 29.8 Å². The number of ether oxygens (including phenoxy) is 1. The molecule has 9 nitrogen and oxygen atoms in total. The van der Waals surface area contributed by atoms with Gasteiger partial charge < -0.3 is 9.72 Å². The molecule has 31 heavy (non-hydrogen) atoms. The van der Waals surface area contributed by atoms with Gasteiger partial charge in [0.15, 0.2) is 27.4 Å². The number of hydrogen-bond donors (Lipinski definition) is 1. The van der Waals surface area contributed by atoms with E-state index in [-0.39, 0.29) is 11.4 Å². The average molecular weight is 452 g/mol. The largest absolute Gasteiger partial charge is 0.418 e. The number of alkyl halides is 3. The van der Waals surface area contributed by atoms with Crippen molar-refractivity contribution in [1.82, 2.24) is 29.7 Å². The highest BCUT2D eigenvalue weighted by molar-refractivity contribution is 7.90. The summed E-state index contributed by atoms with van der Waals surface area (Å²) in [6.45, 7) is 0. The monoisotopic (exact) mass is 452 g/mol. The van der Waals surface area contributed by atoms with Crippen LogP contribution in [-0.4, -0.2) is 56.5 Å². The van der Waals surface area contributed by atoms with Gasteiger partial charge in [-0.3, -0.25) is 0 Å². The molecular formula is C18H15F3N6O3S. The Bertz CT molecular complexity index is 1320. The number of hydrogen-bond acceptors (Lipinski definition) is 7. The smallest absolute Gasteiger partial charge is 0.348 e. The van der Waals surface area contributed by atoms with Gasteiger partial charge in [0.05, 0.1) is 12.5 Å². The number of H-pyrrole nitrogens is 1. The molecule has 4 heterocycles. The molecule has 0 saturated carbocycles. The Morgan fingerprint density at radius 1 is 1.16 bits per heavy atom. The first-order valence-corrected chi connectivity index (χ1v) is 10.8. The molecule has 0 fully saturated rings. The zero-order valence-electron chi connectivity index (χ0n) is 15.9. The van der Waals surface area contributed by atoms with Gasteiger partial charge in [-0.2, -0.15) is 18.3 Å². The number of pyridine rings is 2. The molecule has 1 atom stereocenters. The molecule has 4 aromatic heterocycles. The third kappa shape index (κ3) is 4.56. The highest BCUT2D eigenvalue weighted by Crippen LogP contribution is 2.36. The number of nitrogens with zero attached hydrogens (tertiary/aromatic N) is 5. The lowest BCUT2D eigenvalue weighted by molar-refractivity contribution is -0.218. The van der Waals surface area contributed by atoms with Crippen molar-refractivity contribution in [2.45, 2.75) is 12.3 Å². The van der Waals surface area contributed by atoms with Crippen molar-refractivity contribution in [3.05, 3.63) is 54.9 Å². The van der Waals surface area contributed by atoms with Crippen molar-refractivity contribution in [1.29, 1.82) is 0 Å². The highest BCUT2D eigenvalue weighted by atomic mass is 32.2. The summed E-state index contributed by atoms with van der Waals surface area (Å²) in [5, 5.41) is 4.21. The molecule has 0 aliphatic carbocycles. The van der Waals surface area contributed by atoms with E-state index in [9.17, 15) is 21.6 Å². The summed E-state index contributed by atoms with van der Waals surface area (Å²) in [6, 6.07) is 4.28.